The van der Waals surface area contributed by atoms with Crippen molar-refractivity contribution in [2.45, 2.75) is 88.4 Å². The molecule has 3 aliphatic rings. The molecule has 0 aromatic heterocycles. The summed E-state index contributed by atoms with van der Waals surface area (Å²) in [6.45, 7) is 3.47. The third-order valence-corrected chi connectivity index (χ3v) is 10.2. The average molecular weight is 625 g/mol. The Morgan fingerprint density at radius 3 is 2.24 bits per heavy atom. The van der Waals surface area contributed by atoms with E-state index in [2.05, 4.69) is 20.9 Å². The lowest BCUT2D eigenvalue weighted by molar-refractivity contribution is -0.133. The van der Waals surface area contributed by atoms with Crippen LogP contribution in [0, 0.1) is 5.92 Å². The molecule has 8 nitrogen and oxygen atoms in total. The molecule has 0 bridgehead atoms. The van der Waals surface area contributed by atoms with Crippen LogP contribution in [0.1, 0.15) is 80.1 Å². The zero-order valence-electron chi connectivity index (χ0n) is 26.8. The summed E-state index contributed by atoms with van der Waals surface area (Å²) in [6.07, 6.45) is 9.40. The first kappa shape index (κ1) is 32.2. The number of carbonyl (C=O) groups excluding carboxylic acids is 3. The van der Waals surface area contributed by atoms with Crippen molar-refractivity contribution in [3.05, 3.63) is 83.9 Å². The first-order chi connectivity index (χ1) is 22.5. The predicted octanol–water partition coefficient (Wildman–Crippen LogP) is 5.35. The van der Waals surface area contributed by atoms with Crippen molar-refractivity contribution in [1.29, 1.82) is 0 Å². The molecular weight excluding hydrogens is 576 g/mol. The van der Waals surface area contributed by atoms with Gasteiger partial charge in [0, 0.05) is 38.3 Å². The van der Waals surface area contributed by atoms with Gasteiger partial charge in [0.25, 0.3) is 5.91 Å². The monoisotopic (exact) mass is 624 g/mol. The normalized spacial score (nSPS) is 20.1. The summed E-state index contributed by atoms with van der Waals surface area (Å²) in [4.78, 5) is 44.4. The topological polar surface area (TPSA) is 99.8 Å². The van der Waals surface area contributed by atoms with Crippen LogP contribution in [-0.4, -0.2) is 66.7 Å². The summed E-state index contributed by atoms with van der Waals surface area (Å²) >= 11 is 0. The van der Waals surface area contributed by atoms with Crippen molar-refractivity contribution >= 4 is 28.5 Å². The maximum Gasteiger partial charge on any atom is 0.252 e. The Balaban J connectivity index is 1.20. The first-order valence-electron chi connectivity index (χ1n) is 17.3. The van der Waals surface area contributed by atoms with Gasteiger partial charge in [0.1, 0.15) is 11.6 Å². The highest BCUT2D eigenvalue weighted by Gasteiger charge is 2.44. The molecule has 3 N–H and O–H groups in total. The Morgan fingerprint density at radius 1 is 0.804 bits per heavy atom. The Bertz CT molecular complexity index is 1480. The number of hydrogen-bond acceptors (Lipinski definition) is 5. The van der Waals surface area contributed by atoms with Crippen LogP contribution in [0.15, 0.2) is 72.8 Å². The number of nitrogens with one attached hydrogen (secondary N) is 3. The lowest BCUT2D eigenvalue weighted by atomic mass is 9.93. The van der Waals surface area contributed by atoms with Crippen molar-refractivity contribution in [2.24, 2.45) is 5.92 Å². The van der Waals surface area contributed by atoms with E-state index in [1.54, 1.807) is 0 Å². The number of fused-ring (bicyclic) bond motifs is 1. The maximum absolute atomic E-state index is 14.2. The third kappa shape index (κ3) is 7.96. The van der Waals surface area contributed by atoms with Crippen LogP contribution >= 0.6 is 0 Å². The zero-order chi connectivity index (χ0) is 31.8. The molecule has 2 heterocycles. The van der Waals surface area contributed by atoms with Crippen molar-refractivity contribution in [3.8, 4) is 0 Å². The van der Waals surface area contributed by atoms with Gasteiger partial charge in [-0.25, -0.2) is 0 Å². The largest absolute Gasteiger partial charge is 0.381 e. The highest BCUT2D eigenvalue weighted by atomic mass is 16.5. The zero-order valence-corrected chi connectivity index (χ0v) is 26.8. The van der Waals surface area contributed by atoms with E-state index < -0.39 is 11.6 Å². The van der Waals surface area contributed by atoms with Gasteiger partial charge in [-0.1, -0.05) is 79.9 Å². The smallest absolute Gasteiger partial charge is 0.252 e. The highest BCUT2D eigenvalue weighted by molar-refractivity contribution is 6.02. The second-order valence-electron chi connectivity index (χ2n) is 13.4. The molecule has 0 radical (unpaired) electrons. The summed E-state index contributed by atoms with van der Waals surface area (Å²) in [5.41, 5.74) is 0.433. The number of piperidine rings is 1. The van der Waals surface area contributed by atoms with Gasteiger partial charge in [-0.15, -0.1) is 0 Å². The molecule has 3 aromatic rings. The SMILES string of the molecule is O=C(NC1(C(=O)NC(Cc2ccccc2)C(=O)NC(CC2CCOCC2)N2CCCCC2)CCCC1)c1ccc2ccccc2c1. The molecule has 2 aliphatic heterocycles. The Hall–Kier alpha value is -3.75. The van der Waals surface area contributed by atoms with Gasteiger partial charge in [0.2, 0.25) is 11.8 Å². The minimum Gasteiger partial charge on any atom is -0.381 e. The van der Waals surface area contributed by atoms with Crippen LogP contribution in [0.3, 0.4) is 0 Å². The molecule has 0 spiro atoms. The van der Waals surface area contributed by atoms with Crippen molar-refractivity contribution < 1.29 is 19.1 Å². The Morgan fingerprint density at radius 2 is 1.50 bits per heavy atom. The summed E-state index contributed by atoms with van der Waals surface area (Å²) in [5.74, 6) is -0.230. The summed E-state index contributed by atoms with van der Waals surface area (Å²) in [6, 6.07) is 22.6. The van der Waals surface area contributed by atoms with Gasteiger partial charge < -0.3 is 20.7 Å². The standard InChI is InChI=1S/C38H48N4O4/c43-35(32-16-15-30-13-5-6-14-31(30)27-32)41-38(19-7-8-20-38)37(45)39-33(25-28-11-3-1-4-12-28)36(44)40-34(42-21-9-2-10-22-42)26-29-17-23-46-24-18-29/h1,3-6,11-16,27,29,33-34H,2,7-10,17-26H2,(H,39,45)(H,40,44)(H,41,43). The maximum atomic E-state index is 14.2. The fourth-order valence-electron chi connectivity index (χ4n) is 7.45. The van der Waals surface area contributed by atoms with Crippen LogP contribution in [0.5, 0.6) is 0 Å². The van der Waals surface area contributed by atoms with Gasteiger partial charge in [-0.05, 0) is 79.3 Å². The molecule has 3 aromatic carbocycles. The number of ether oxygens (including phenoxy) is 1. The minimum atomic E-state index is -1.06. The number of benzene rings is 3. The van der Waals surface area contributed by atoms with E-state index in [1.165, 1.54) is 6.42 Å². The van der Waals surface area contributed by atoms with Crippen LogP contribution in [-0.2, 0) is 20.7 Å². The molecule has 244 valence electrons. The number of carbonyl (C=O) groups is 3. The number of hydrogen-bond donors (Lipinski definition) is 3. The molecule has 1 saturated carbocycles. The molecular formula is C38H48N4O4. The second kappa shape index (κ2) is 15.2. The molecule has 8 heteroatoms. The molecule has 2 atom stereocenters. The van der Waals surface area contributed by atoms with E-state index in [0.29, 0.717) is 30.7 Å². The van der Waals surface area contributed by atoms with E-state index in [-0.39, 0.29) is 23.9 Å². The number of nitrogens with zero attached hydrogens (tertiary/aromatic N) is 1. The predicted molar refractivity (Wildman–Crippen MR) is 180 cm³/mol. The lowest BCUT2D eigenvalue weighted by Gasteiger charge is -2.38. The van der Waals surface area contributed by atoms with Crippen LogP contribution in [0.25, 0.3) is 10.8 Å². The first-order valence-corrected chi connectivity index (χ1v) is 17.3. The highest BCUT2D eigenvalue weighted by Crippen LogP contribution is 2.31. The van der Waals surface area contributed by atoms with E-state index in [9.17, 15) is 14.4 Å². The fraction of sp³-hybridized carbons (Fsp3) is 0.500. The number of amides is 3. The van der Waals surface area contributed by atoms with E-state index in [4.69, 9.17) is 4.74 Å². The average Bonchev–Trinajstić information content (AvgIpc) is 3.58. The van der Waals surface area contributed by atoms with Gasteiger partial charge in [0.05, 0.1) is 6.17 Å². The van der Waals surface area contributed by atoms with E-state index >= 15 is 0 Å². The summed E-state index contributed by atoms with van der Waals surface area (Å²) < 4.78 is 5.61. The Kier molecular flexibility index (Phi) is 10.7. The summed E-state index contributed by atoms with van der Waals surface area (Å²) in [7, 11) is 0. The van der Waals surface area contributed by atoms with E-state index in [0.717, 1.165) is 87.6 Å². The summed E-state index contributed by atoms with van der Waals surface area (Å²) in [5, 5.41) is 11.7. The van der Waals surface area contributed by atoms with Crippen molar-refractivity contribution in [1.82, 2.24) is 20.9 Å². The van der Waals surface area contributed by atoms with Gasteiger partial charge in [-0.3, -0.25) is 19.3 Å². The van der Waals surface area contributed by atoms with Gasteiger partial charge in [0.15, 0.2) is 0 Å². The quantitative estimate of drug-likeness (QED) is 0.267. The molecule has 46 heavy (non-hydrogen) atoms. The Labute approximate surface area is 272 Å². The van der Waals surface area contributed by atoms with Crippen molar-refractivity contribution in [3.63, 3.8) is 0 Å². The van der Waals surface area contributed by atoms with Crippen LogP contribution in [0.4, 0.5) is 0 Å². The molecule has 3 fully saturated rings. The number of likely N-dealkylation sites (tertiary alicyclic amines) is 1. The fourth-order valence-corrected chi connectivity index (χ4v) is 7.45. The van der Waals surface area contributed by atoms with E-state index in [1.807, 2.05) is 72.8 Å². The molecule has 3 amide bonds. The van der Waals surface area contributed by atoms with Crippen LogP contribution < -0.4 is 16.0 Å². The third-order valence-electron chi connectivity index (χ3n) is 10.2. The van der Waals surface area contributed by atoms with Gasteiger partial charge >= 0.3 is 0 Å². The van der Waals surface area contributed by atoms with Gasteiger partial charge in [-0.2, -0.15) is 0 Å². The number of rotatable bonds is 11. The van der Waals surface area contributed by atoms with Crippen molar-refractivity contribution in [2.75, 3.05) is 26.3 Å². The molecule has 6 rings (SSSR count). The minimum absolute atomic E-state index is 0.0841. The van der Waals surface area contributed by atoms with Crippen LogP contribution in [0.2, 0.25) is 0 Å². The molecule has 2 saturated heterocycles. The second-order valence-corrected chi connectivity index (χ2v) is 13.4. The molecule has 1 aliphatic carbocycles. The molecule has 2 unspecified atom stereocenters. The lowest BCUT2D eigenvalue weighted by Crippen LogP contribution is -2.62.